The number of nitrogens with two attached hydrogens (primary N) is 1. The number of carbonyl (C=O) groups excluding carboxylic acids is 1. The van der Waals surface area contributed by atoms with E-state index >= 15 is 0 Å². The van der Waals surface area contributed by atoms with E-state index in [4.69, 9.17) is 22.1 Å². The van der Waals surface area contributed by atoms with Crippen molar-refractivity contribution in [2.75, 3.05) is 20.2 Å². The molecule has 0 unspecified atom stereocenters. The van der Waals surface area contributed by atoms with Gasteiger partial charge in [0.25, 0.3) is 5.91 Å². The molecule has 16 heavy (non-hydrogen) atoms. The van der Waals surface area contributed by atoms with E-state index in [2.05, 4.69) is 5.32 Å². The predicted octanol–water partition coefficient (Wildman–Crippen LogP) is 1.46. The number of hydrogen-bond donors (Lipinski definition) is 2. The SMILES string of the molecule is COc1cc(Cl)ccc1C(=O)NCCN.Cl. The normalized spacial score (nSPS) is 9.19. The van der Waals surface area contributed by atoms with Gasteiger partial charge in [-0.15, -0.1) is 12.4 Å². The average Bonchev–Trinajstić information content (AvgIpc) is 2.25. The highest BCUT2D eigenvalue weighted by atomic mass is 35.5. The lowest BCUT2D eigenvalue weighted by atomic mass is 10.2. The van der Waals surface area contributed by atoms with E-state index < -0.39 is 0 Å². The van der Waals surface area contributed by atoms with Crippen molar-refractivity contribution >= 4 is 29.9 Å². The van der Waals surface area contributed by atoms with Crippen LogP contribution in [-0.2, 0) is 0 Å². The molecule has 0 aliphatic carbocycles. The van der Waals surface area contributed by atoms with Crippen LogP contribution in [0.15, 0.2) is 18.2 Å². The van der Waals surface area contributed by atoms with Crippen LogP contribution in [0.5, 0.6) is 5.75 Å². The van der Waals surface area contributed by atoms with Gasteiger partial charge in [0.05, 0.1) is 12.7 Å². The zero-order chi connectivity index (χ0) is 11.3. The summed E-state index contributed by atoms with van der Waals surface area (Å²) in [6, 6.07) is 4.85. The molecule has 0 radical (unpaired) electrons. The van der Waals surface area contributed by atoms with Crippen molar-refractivity contribution in [3.63, 3.8) is 0 Å². The number of nitrogens with one attached hydrogen (secondary N) is 1. The number of halogens is 2. The zero-order valence-electron chi connectivity index (χ0n) is 8.83. The second kappa shape index (κ2) is 7.33. The lowest BCUT2D eigenvalue weighted by molar-refractivity contribution is 0.0952. The summed E-state index contributed by atoms with van der Waals surface area (Å²) in [6.07, 6.45) is 0. The maximum atomic E-state index is 11.6. The van der Waals surface area contributed by atoms with Gasteiger partial charge in [-0.2, -0.15) is 0 Å². The molecule has 0 fully saturated rings. The Bertz CT molecular complexity index is 359. The molecular weight excluding hydrogens is 251 g/mol. The van der Waals surface area contributed by atoms with Gasteiger partial charge in [0.1, 0.15) is 5.75 Å². The minimum absolute atomic E-state index is 0. The van der Waals surface area contributed by atoms with Crippen LogP contribution in [0, 0.1) is 0 Å². The molecule has 0 saturated carbocycles. The van der Waals surface area contributed by atoms with Gasteiger partial charge in [0.2, 0.25) is 0 Å². The Labute approximate surface area is 106 Å². The highest BCUT2D eigenvalue weighted by molar-refractivity contribution is 6.30. The van der Waals surface area contributed by atoms with Gasteiger partial charge in [-0.1, -0.05) is 11.6 Å². The first-order valence-corrected chi connectivity index (χ1v) is 4.88. The summed E-state index contributed by atoms with van der Waals surface area (Å²) in [4.78, 5) is 11.6. The first-order chi connectivity index (χ1) is 7.19. The number of amides is 1. The molecule has 0 saturated heterocycles. The molecule has 0 aliphatic rings. The fraction of sp³-hybridized carbons (Fsp3) is 0.300. The lowest BCUT2D eigenvalue weighted by Gasteiger charge is -2.08. The molecule has 0 bridgehead atoms. The Hall–Kier alpha value is -0.970. The first-order valence-electron chi connectivity index (χ1n) is 4.51. The van der Waals surface area contributed by atoms with Crippen molar-refractivity contribution in [3.8, 4) is 5.75 Å². The molecule has 1 amide bonds. The number of methoxy groups -OCH3 is 1. The molecular formula is C10H14Cl2N2O2. The van der Waals surface area contributed by atoms with Crippen LogP contribution in [0.2, 0.25) is 5.02 Å². The third kappa shape index (κ3) is 3.89. The molecule has 0 heterocycles. The molecule has 0 aromatic heterocycles. The monoisotopic (exact) mass is 264 g/mol. The summed E-state index contributed by atoms with van der Waals surface area (Å²) in [5, 5.41) is 3.19. The van der Waals surface area contributed by atoms with Gasteiger partial charge in [-0.05, 0) is 18.2 Å². The zero-order valence-corrected chi connectivity index (χ0v) is 10.4. The molecule has 0 spiro atoms. The fourth-order valence-electron chi connectivity index (χ4n) is 1.13. The summed E-state index contributed by atoms with van der Waals surface area (Å²) in [5.41, 5.74) is 5.74. The predicted molar refractivity (Wildman–Crippen MR) is 66.6 cm³/mol. The topological polar surface area (TPSA) is 64.3 Å². The van der Waals surface area contributed by atoms with E-state index in [1.165, 1.54) is 7.11 Å². The highest BCUT2D eigenvalue weighted by Gasteiger charge is 2.11. The molecule has 3 N–H and O–H groups in total. The van der Waals surface area contributed by atoms with E-state index in [9.17, 15) is 4.79 Å². The van der Waals surface area contributed by atoms with Crippen LogP contribution in [0.4, 0.5) is 0 Å². The van der Waals surface area contributed by atoms with E-state index in [1.54, 1.807) is 18.2 Å². The Morgan fingerprint density at radius 1 is 1.56 bits per heavy atom. The molecule has 4 nitrogen and oxygen atoms in total. The van der Waals surface area contributed by atoms with E-state index in [1.807, 2.05) is 0 Å². The quantitative estimate of drug-likeness (QED) is 0.866. The number of rotatable bonds is 4. The van der Waals surface area contributed by atoms with Crippen molar-refractivity contribution in [2.45, 2.75) is 0 Å². The third-order valence-corrected chi connectivity index (χ3v) is 2.07. The number of ether oxygens (including phenoxy) is 1. The minimum Gasteiger partial charge on any atom is -0.496 e. The summed E-state index contributed by atoms with van der Waals surface area (Å²) in [6.45, 7) is 0.840. The third-order valence-electron chi connectivity index (χ3n) is 1.84. The van der Waals surface area contributed by atoms with E-state index in [-0.39, 0.29) is 18.3 Å². The molecule has 0 aliphatic heterocycles. The first kappa shape index (κ1) is 15.0. The largest absolute Gasteiger partial charge is 0.496 e. The van der Waals surface area contributed by atoms with Gasteiger partial charge in [0.15, 0.2) is 0 Å². The number of carbonyl (C=O) groups is 1. The van der Waals surface area contributed by atoms with Crippen molar-refractivity contribution in [1.82, 2.24) is 5.32 Å². The van der Waals surface area contributed by atoms with Crippen molar-refractivity contribution < 1.29 is 9.53 Å². The highest BCUT2D eigenvalue weighted by Crippen LogP contribution is 2.22. The molecule has 90 valence electrons. The Balaban J connectivity index is 0.00000225. The van der Waals surface area contributed by atoms with Crippen LogP contribution in [-0.4, -0.2) is 26.1 Å². The average molecular weight is 265 g/mol. The second-order valence-electron chi connectivity index (χ2n) is 2.89. The minimum atomic E-state index is -0.214. The molecule has 6 heteroatoms. The van der Waals surface area contributed by atoms with E-state index in [0.29, 0.717) is 29.4 Å². The van der Waals surface area contributed by atoms with Crippen molar-refractivity contribution in [2.24, 2.45) is 5.73 Å². The van der Waals surface area contributed by atoms with Crippen molar-refractivity contribution in [1.29, 1.82) is 0 Å². The molecule has 1 rings (SSSR count). The van der Waals surface area contributed by atoms with E-state index in [0.717, 1.165) is 0 Å². The summed E-state index contributed by atoms with van der Waals surface area (Å²) in [5.74, 6) is 0.242. The fourth-order valence-corrected chi connectivity index (χ4v) is 1.30. The Kier molecular flexibility index (Phi) is 6.88. The Morgan fingerprint density at radius 2 is 2.25 bits per heavy atom. The summed E-state index contributed by atoms with van der Waals surface area (Å²) < 4.78 is 5.05. The van der Waals surface area contributed by atoms with Crippen LogP contribution >= 0.6 is 24.0 Å². The number of benzene rings is 1. The van der Waals surface area contributed by atoms with Crippen LogP contribution in [0.25, 0.3) is 0 Å². The second-order valence-corrected chi connectivity index (χ2v) is 3.33. The lowest BCUT2D eigenvalue weighted by Crippen LogP contribution is -2.29. The van der Waals surface area contributed by atoms with Crippen molar-refractivity contribution in [3.05, 3.63) is 28.8 Å². The van der Waals surface area contributed by atoms with Crippen LogP contribution in [0.1, 0.15) is 10.4 Å². The van der Waals surface area contributed by atoms with Crippen LogP contribution < -0.4 is 15.8 Å². The van der Waals surface area contributed by atoms with Gasteiger partial charge >= 0.3 is 0 Å². The maximum Gasteiger partial charge on any atom is 0.255 e. The summed E-state index contributed by atoms with van der Waals surface area (Å²) in [7, 11) is 1.49. The van der Waals surface area contributed by atoms with Gasteiger partial charge in [-0.3, -0.25) is 4.79 Å². The molecule has 0 atom stereocenters. The van der Waals surface area contributed by atoms with Crippen LogP contribution in [0.3, 0.4) is 0 Å². The van der Waals surface area contributed by atoms with Gasteiger partial charge in [-0.25, -0.2) is 0 Å². The molecule has 1 aromatic rings. The smallest absolute Gasteiger partial charge is 0.255 e. The summed E-state index contributed by atoms with van der Waals surface area (Å²) >= 11 is 5.77. The Morgan fingerprint density at radius 3 is 2.81 bits per heavy atom. The van der Waals surface area contributed by atoms with Gasteiger partial charge in [0, 0.05) is 18.1 Å². The number of hydrogen-bond acceptors (Lipinski definition) is 3. The molecule has 1 aromatic carbocycles. The van der Waals surface area contributed by atoms with Gasteiger partial charge < -0.3 is 15.8 Å². The standard InChI is InChI=1S/C10H13ClN2O2.ClH/c1-15-9-6-7(11)2-3-8(9)10(14)13-5-4-12;/h2-3,6H,4-5,12H2,1H3,(H,13,14);1H. The maximum absolute atomic E-state index is 11.6.